The predicted octanol–water partition coefficient (Wildman–Crippen LogP) is 3.16. The maximum absolute atomic E-state index is 5.16. The van der Waals surface area contributed by atoms with Gasteiger partial charge >= 0.3 is 0 Å². The van der Waals surface area contributed by atoms with Crippen molar-refractivity contribution in [3.05, 3.63) is 17.0 Å². The summed E-state index contributed by atoms with van der Waals surface area (Å²) < 4.78 is 7.32. The van der Waals surface area contributed by atoms with E-state index in [2.05, 4.69) is 44.6 Å². The average molecular weight is 267 g/mol. The molecule has 0 amide bonds. The first-order valence-electron chi connectivity index (χ1n) is 7.34. The molecule has 110 valence electrons. The van der Waals surface area contributed by atoms with Gasteiger partial charge in [0.2, 0.25) is 0 Å². The third-order valence-electron chi connectivity index (χ3n) is 3.75. The third-order valence-corrected chi connectivity index (χ3v) is 3.75. The van der Waals surface area contributed by atoms with Gasteiger partial charge in [-0.05, 0) is 40.2 Å². The van der Waals surface area contributed by atoms with Crippen LogP contribution in [0.4, 0.5) is 0 Å². The molecule has 4 heteroatoms. The van der Waals surface area contributed by atoms with Crippen LogP contribution in [-0.4, -0.2) is 30.0 Å². The van der Waals surface area contributed by atoms with Crippen LogP contribution in [0.5, 0.6) is 0 Å². The summed E-state index contributed by atoms with van der Waals surface area (Å²) >= 11 is 0. The van der Waals surface area contributed by atoms with Gasteiger partial charge in [0.15, 0.2) is 0 Å². The molecule has 0 spiro atoms. The molecule has 1 aromatic rings. The van der Waals surface area contributed by atoms with Gasteiger partial charge in [0, 0.05) is 31.0 Å². The third kappa shape index (κ3) is 3.80. The summed E-state index contributed by atoms with van der Waals surface area (Å²) in [5.74, 6) is 0. The van der Waals surface area contributed by atoms with Crippen molar-refractivity contribution < 1.29 is 4.74 Å². The average Bonchev–Trinajstić information content (AvgIpc) is 2.69. The second-order valence-electron chi connectivity index (χ2n) is 5.18. The van der Waals surface area contributed by atoms with Crippen molar-refractivity contribution in [1.82, 2.24) is 15.1 Å². The molecule has 0 aliphatic carbocycles. The molecule has 0 aromatic carbocycles. The van der Waals surface area contributed by atoms with Gasteiger partial charge in [-0.2, -0.15) is 5.10 Å². The van der Waals surface area contributed by atoms with Crippen LogP contribution in [0.25, 0.3) is 0 Å². The van der Waals surface area contributed by atoms with Crippen LogP contribution < -0.4 is 5.32 Å². The zero-order valence-corrected chi connectivity index (χ0v) is 13.3. The van der Waals surface area contributed by atoms with E-state index in [1.54, 1.807) is 7.11 Å². The first-order chi connectivity index (χ1) is 9.06. The van der Waals surface area contributed by atoms with Gasteiger partial charge in [-0.25, -0.2) is 0 Å². The lowest BCUT2D eigenvalue weighted by Gasteiger charge is -2.18. The molecule has 0 aliphatic heterocycles. The van der Waals surface area contributed by atoms with E-state index in [1.807, 2.05) is 0 Å². The molecule has 0 fully saturated rings. The largest absolute Gasteiger partial charge is 0.385 e. The Kier molecular flexibility index (Phi) is 6.52. The van der Waals surface area contributed by atoms with Crippen molar-refractivity contribution in [3.63, 3.8) is 0 Å². The smallest absolute Gasteiger partial charge is 0.0644 e. The van der Waals surface area contributed by atoms with E-state index in [-0.39, 0.29) is 0 Å². The maximum Gasteiger partial charge on any atom is 0.0644 e. The van der Waals surface area contributed by atoms with Crippen LogP contribution in [-0.2, 0) is 4.74 Å². The second kappa shape index (κ2) is 7.65. The van der Waals surface area contributed by atoms with Crippen molar-refractivity contribution >= 4 is 0 Å². The van der Waals surface area contributed by atoms with Crippen LogP contribution in [0.3, 0.4) is 0 Å². The van der Waals surface area contributed by atoms with Crippen LogP contribution in [0.2, 0.25) is 0 Å². The highest BCUT2D eigenvalue weighted by Crippen LogP contribution is 2.26. The Bertz CT molecular complexity index is 387. The van der Waals surface area contributed by atoms with Crippen molar-refractivity contribution in [3.8, 4) is 0 Å². The summed E-state index contributed by atoms with van der Waals surface area (Å²) in [5, 5.41) is 8.28. The summed E-state index contributed by atoms with van der Waals surface area (Å²) in [7, 11) is 1.75. The fourth-order valence-electron chi connectivity index (χ4n) is 2.72. The molecular weight excluding hydrogens is 238 g/mol. The molecule has 0 saturated heterocycles. The zero-order valence-electron chi connectivity index (χ0n) is 13.3. The highest BCUT2D eigenvalue weighted by Gasteiger charge is 2.20. The highest BCUT2D eigenvalue weighted by molar-refractivity contribution is 5.28. The van der Waals surface area contributed by atoms with Crippen molar-refractivity contribution in [2.75, 3.05) is 20.3 Å². The van der Waals surface area contributed by atoms with E-state index >= 15 is 0 Å². The first-order valence-corrected chi connectivity index (χ1v) is 7.34. The Labute approximate surface area is 117 Å². The van der Waals surface area contributed by atoms with Crippen molar-refractivity contribution in [2.24, 2.45) is 0 Å². The van der Waals surface area contributed by atoms with Crippen LogP contribution >= 0.6 is 0 Å². The molecule has 1 N–H and O–H groups in total. The molecule has 4 nitrogen and oxygen atoms in total. The molecule has 0 radical (unpaired) electrons. The molecule has 19 heavy (non-hydrogen) atoms. The molecule has 2 atom stereocenters. The number of rotatable bonds is 8. The minimum absolute atomic E-state index is 0.381. The highest BCUT2D eigenvalue weighted by atomic mass is 16.5. The fourth-order valence-corrected chi connectivity index (χ4v) is 2.72. The van der Waals surface area contributed by atoms with Crippen LogP contribution in [0.15, 0.2) is 0 Å². The maximum atomic E-state index is 5.16. The topological polar surface area (TPSA) is 39.1 Å². The van der Waals surface area contributed by atoms with E-state index in [1.165, 1.54) is 11.3 Å². The van der Waals surface area contributed by atoms with Gasteiger partial charge in [-0.1, -0.05) is 13.8 Å². The monoisotopic (exact) mass is 267 g/mol. The fraction of sp³-hybridized carbons (Fsp3) is 0.800. The van der Waals surface area contributed by atoms with Gasteiger partial charge in [0.05, 0.1) is 11.7 Å². The van der Waals surface area contributed by atoms with Gasteiger partial charge in [0.25, 0.3) is 0 Å². The van der Waals surface area contributed by atoms with Crippen LogP contribution in [0.1, 0.15) is 62.6 Å². The van der Waals surface area contributed by atoms with Gasteiger partial charge < -0.3 is 10.1 Å². The van der Waals surface area contributed by atoms with E-state index in [9.17, 15) is 0 Å². The normalized spacial score (nSPS) is 14.6. The molecule has 1 heterocycles. The predicted molar refractivity (Wildman–Crippen MR) is 79.6 cm³/mol. The summed E-state index contributed by atoms with van der Waals surface area (Å²) in [6, 6.07) is 0.792. The number of ether oxygens (including phenoxy) is 1. The standard InChI is InChI=1S/C15H29N3O/c1-7-14(16-8-2)15-12(4)17-18(13(15)5)11(3)9-10-19-6/h11,14,16H,7-10H2,1-6H3. The Morgan fingerprint density at radius 2 is 2.00 bits per heavy atom. The Balaban J connectivity index is 2.98. The number of aryl methyl sites for hydroxylation is 1. The van der Waals surface area contributed by atoms with E-state index in [0.29, 0.717) is 12.1 Å². The molecule has 2 unspecified atom stereocenters. The van der Waals surface area contributed by atoms with E-state index < -0.39 is 0 Å². The molecule has 1 aromatic heterocycles. The summed E-state index contributed by atoms with van der Waals surface area (Å²) in [6.45, 7) is 12.6. The van der Waals surface area contributed by atoms with Gasteiger partial charge in [-0.15, -0.1) is 0 Å². The molecular formula is C15H29N3O. The Morgan fingerprint density at radius 1 is 1.32 bits per heavy atom. The van der Waals surface area contributed by atoms with E-state index in [4.69, 9.17) is 9.84 Å². The van der Waals surface area contributed by atoms with E-state index in [0.717, 1.165) is 31.7 Å². The number of nitrogens with zero attached hydrogens (tertiary/aromatic N) is 2. The quantitative estimate of drug-likeness (QED) is 0.786. The van der Waals surface area contributed by atoms with Crippen molar-refractivity contribution in [2.45, 2.75) is 59.5 Å². The molecule has 0 saturated carbocycles. The zero-order chi connectivity index (χ0) is 14.4. The first kappa shape index (κ1) is 16.2. The van der Waals surface area contributed by atoms with Gasteiger partial charge in [0.1, 0.15) is 0 Å². The Morgan fingerprint density at radius 3 is 2.53 bits per heavy atom. The summed E-state index contributed by atoms with van der Waals surface area (Å²) in [5.41, 5.74) is 3.80. The lowest BCUT2D eigenvalue weighted by Crippen LogP contribution is -2.21. The molecule has 0 aliphatic rings. The second-order valence-corrected chi connectivity index (χ2v) is 5.18. The summed E-state index contributed by atoms with van der Waals surface area (Å²) in [4.78, 5) is 0. The summed E-state index contributed by atoms with van der Waals surface area (Å²) in [6.07, 6.45) is 2.09. The van der Waals surface area contributed by atoms with Crippen molar-refractivity contribution in [1.29, 1.82) is 0 Å². The Hall–Kier alpha value is -0.870. The minimum atomic E-state index is 0.381. The van der Waals surface area contributed by atoms with Crippen LogP contribution in [0, 0.1) is 13.8 Å². The lowest BCUT2D eigenvalue weighted by molar-refractivity contribution is 0.178. The molecule has 1 rings (SSSR count). The number of nitrogens with one attached hydrogen (secondary N) is 1. The number of hydrogen-bond acceptors (Lipinski definition) is 3. The number of methoxy groups -OCH3 is 1. The minimum Gasteiger partial charge on any atom is -0.385 e. The number of aromatic nitrogens is 2. The molecule has 0 bridgehead atoms. The number of hydrogen-bond donors (Lipinski definition) is 1. The lowest BCUT2D eigenvalue weighted by atomic mass is 10.0. The SMILES string of the molecule is CCNC(CC)c1c(C)nn(C(C)CCOC)c1C. The van der Waals surface area contributed by atoms with Gasteiger partial charge in [-0.3, -0.25) is 4.68 Å².